The summed E-state index contributed by atoms with van der Waals surface area (Å²) in [7, 11) is 0. The second-order valence-corrected chi connectivity index (χ2v) is 7.00. The van der Waals surface area contributed by atoms with Gasteiger partial charge in [-0.25, -0.2) is 0 Å². The Balaban J connectivity index is 2.34. The van der Waals surface area contributed by atoms with Gasteiger partial charge in [0, 0.05) is 6.61 Å². The summed E-state index contributed by atoms with van der Waals surface area (Å²) in [6.07, 6.45) is 4.67. The molecule has 0 spiro atoms. The van der Waals surface area contributed by atoms with Crippen LogP contribution in [0.4, 0.5) is 0 Å². The molecule has 0 saturated carbocycles. The lowest BCUT2D eigenvalue weighted by Gasteiger charge is -2.08. The zero-order valence-corrected chi connectivity index (χ0v) is 17.6. The molecule has 1 aromatic carbocycles. The van der Waals surface area contributed by atoms with E-state index < -0.39 is 0 Å². The molecule has 0 N–H and O–H groups in total. The molecule has 0 radical (unpaired) electrons. The molecule has 0 atom stereocenters. The lowest BCUT2D eigenvalue weighted by molar-refractivity contribution is 0.0309. The lowest BCUT2D eigenvalue weighted by atomic mass is 10.0. The lowest BCUT2D eigenvalue weighted by Crippen LogP contribution is -2.08. The van der Waals surface area contributed by atoms with Gasteiger partial charge in [-0.1, -0.05) is 45.0 Å². The summed E-state index contributed by atoms with van der Waals surface area (Å²) >= 11 is 0. The number of benzene rings is 1. The second-order valence-electron chi connectivity index (χ2n) is 7.00. The van der Waals surface area contributed by atoms with Gasteiger partial charge in [0.05, 0.1) is 39.0 Å². The molecular weight excluding hydrogens is 340 g/mol. The highest BCUT2D eigenvalue weighted by Gasteiger charge is 2.00. The molecule has 4 nitrogen and oxygen atoms in total. The Kier molecular flexibility index (Phi) is 12.3. The van der Waals surface area contributed by atoms with Crippen LogP contribution < -0.4 is 0 Å². The van der Waals surface area contributed by atoms with E-state index in [1.54, 1.807) is 6.26 Å². The highest BCUT2D eigenvalue weighted by Crippen LogP contribution is 2.19. The third-order valence-electron chi connectivity index (χ3n) is 3.81. The average Bonchev–Trinajstić information content (AvgIpc) is 2.66. The molecule has 0 aliphatic heterocycles. The van der Waals surface area contributed by atoms with Crippen molar-refractivity contribution in [1.82, 2.24) is 0 Å². The molecule has 0 aliphatic rings. The molecule has 0 heterocycles. The first kappa shape index (κ1) is 23.3. The topological polar surface area (TPSA) is 36.9 Å². The van der Waals surface area contributed by atoms with Crippen LogP contribution in [0.25, 0.3) is 11.1 Å². The first-order valence-corrected chi connectivity index (χ1v) is 9.87. The van der Waals surface area contributed by atoms with E-state index in [-0.39, 0.29) is 0 Å². The molecule has 4 heteroatoms. The Morgan fingerprint density at radius 2 is 1.26 bits per heavy atom. The van der Waals surface area contributed by atoms with Crippen molar-refractivity contribution in [1.29, 1.82) is 0 Å². The van der Waals surface area contributed by atoms with Crippen LogP contribution in [0.5, 0.6) is 0 Å². The van der Waals surface area contributed by atoms with Crippen molar-refractivity contribution in [3.8, 4) is 0 Å². The first-order valence-electron chi connectivity index (χ1n) is 9.87. The summed E-state index contributed by atoms with van der Waals surface area (Å²) in [6, 6.07) is 8.42. The van der Waals surface area contributed by atoms with Crippen LogP contribution in [0.1, 0.15) is 52.2 Å². The standard InChI is InChI=1S/C23H36O4/c1-6-11-24-12-13-25-14-15-26-17-20(4)22-7-9-23(10-8-22)21(5)18-27-16-19(2)3/h7-10,17-19H,6,11-16H2,1-5H3/b20-17+,21-18+. The van der Waals surface area contributed by atoms with Crippen molar-refractivity contribution in [2.24, 2.45) is 5.92 Å². The minimum absolute atomic E-state index is 0.531. The minimum atomic E-state index is 0.531. The molecule has 27 heavy (non-hydrogen) atoms. The molecule has 0 unspecified atom stereocenters. The average molecular weight is 377 g/mol. The van der Waals surface area contributed by atoms with E-state index in [9.17, 15) is 0 Å². The number of ether oxygens (including phenoxy) is 4. The molecule has 0 aliphatic carbocycles. The van der Waals surface area contributed by atoms with Gasteiger partial charge in [-0.2, -0.15) is 0 Å². The fourth-order valence-electron chi connectivity index (χ4n) is 2.25. The first-order chi connectivity index (χ1) is 13.0. The molecular formula is C23H36O4. The summed E-state index contributed by atoms with van der Waals surface area (Å²) in [5.74, 6) is 0.531. The molecule has 0 aromatic heterocycles. The third kappa shape index (κ3) is 10.8. The van der Waals surface area contributed by atoms with Gasteiger partial charge in [0.15, 0.2) is 0 Å². The maximum absolute atomic E-state index is 5.59. The van der Waals surface area contributed by atoms with E-state index in [1.807, 2.05) is 13.2 Å². The predicted molar refractivity (Wildman–Crippen MR) is 112 cm³/mol. The van der Waals surface area contributed by atoms with Crippen LogP contribution in [-0.4, -0.2) is 39.6 Å². The molecule has 1 rings (SSSR count). The van der Waals surface area contributed by atoms with E-state index in [1.165, 1.54) is 0 Å². The van der Waals surface area contributed by atoms with Crippen LogP contribution in [0.3, 0.4) is 0 Å². The quantitative estimate of drug-likeness (QED) is 0.315. The van der Waals surface area contributed by atoms with Crippen molar-refractivity contribution < 1.29 is 18.9 Å². The zero-order chi connectivity index (χ0) is 19.9. The normalized spacial score (nSPS) is 12.5. The van der Waals surface area contributed by atoms with Crippen LogP contribution in [0.2, 0.25) is 0 Å². The SMILES string of the molecule is CCCOCCOCCO/C=C(\C)c1ccc(/C(C)=C/OCC(C)C)cc1. The Bertz CT molecular complexity index is 558. The smallest absolute Gasteiger partial charge is 0.111 e. The van der Waals surface area contributed by atoms with Gasteiger partial charge in [0.1, 0.15) is 6.61 Å². The van der Waals surface area contributed by atoms with E-state index in [4.69, 9.17) is 18.9 Å². The monoisotopic (exact) mass is 376 g/mol. The van der Waals surface area contributed by atoms with E-state index in [0.717, 1.165) is 41.9 Å². The zero-order valence-electron chi connectivity index (χ0n) is 17.6. The van der Waals surface area contributed by atoms with Gasteiger partial charge in [0.25, 0.3) is 0 Å². The Morgan fingerprint density at radius 1 is 0.778 bits per heavy atom. The number of allylic oxidation sites excluding steroid dienone is 2. The summed E-state index contributed by atoms with van der Waals surface area (Å²) in [5, 5.41) is 0. The van der Waals surface area contributed by atoms with Gasteiger partial charge < -0.3 is 18.9 Å². The molecule has 1 aromatic rings. The molecule has 0 amide bonds. The summed E-state index contributed by atoms with van der Waals surface area (Å²) in [5.41, 5.74) is 4.52. The maximum atomic E-state index is 5.59. The minimum Gasteiger partial charge on any atom is -0.501 e. The number of hydrogen-bond donors (Lipinski definition) is 0. The highest BCUT2D eigenvalue weighted by atomic mass is 16.5. The fourth-order valence-corrected chi connectivity index (χ4v) is 2.25. The molecule has 152 valence electrons. The summed E-state index contributed by atoms with van der Waals surface area (Å²) in [4.78, 5) is 0. The van der Waals surface area contributed by atoms with Gasteiger partial charge in [0.2, 0.25) is 0 Å². The van der Waals surface area contributed by atoms with Crippen molar-refractivity contribution >= 4 is 11.1 Å². The number of hydrogen-bond acceptors (Lipinski definition) is 4. The summed E-state index contributed by atoms with van der Waals surface area (Å²) in [6.45, 7) is 14.4. The molecule has 0 saturated heterocycles. The molecule has 0 fully saturated rings. The van der Waals surface area contributed by atoms with Crippen LogP contribution in [-0.2, 0) is 18.9 Å². The van der Waals surface area contributed by atoms with E-state index in [0.29, 0.717) is 32.3 Å². The van der Waals surface area contributed by atoms with Gasteiger partial charge in [-0.05, 0) is 48.5 Å². The van der Waals surface area contributed by atoms with Gasteiger partial charge in [-0.3, -0.25) is 0 Å². The number of rotatable bonds is 14. The Morgan fingerprint density at radius 3 is 1.78 bits per heavy atom. The summed E-state index contributed by atoms with van der Waals surface area (Å²) < 4.78 is 22.0. The van der Waals surface area contributed by atoms with Crippen molar-refractivity contribution in [2.75, 3.05) is 39.6 Å². The van der Waals surface area contributed by atoms with Crippen LogP contribution in [0.15, 0.2) is 36.8 Å². The van der Waals surface area contributed by atoms with E-state index >= 15 is 0 Å². The maximum Gasteiger partial charge on any atom is 0.111 e. The van der Waals surface area contributed by atoms with Crippen molar-refractivity contribution in [3.05, 3.63) is 47.9 Å². The predicted octanol–water partition coefficient (Wildman–Crippen LogP) is 5.54. The third-order valence-corrected chi connectivity index (χ3v) is 3.81. The van der Waals surface area contributed by atoms with Crippen molar-refractivity contribution in [3.63, 3.8) is 0 Å². The Labute approximate surface area is 165 Å². The van der Waals surface area contributed by atoms with E-state index in [2.05, 4.69) is 52.0 Å². The fraction of sp³-hybridized carbons (Fsp3) is 0.565. The largest absolute Gasteiger partial charge is 0.501 e. The molecule has 0 bridgehead atoms. The van der Waals surface area contributed by atoms with Gasteiger partial charge in [-0.15, -0.1) is 0 Å². The van der Waals surface area contributed by atoms with Crippen LogP contribution >= 0.6 is 0 Å². The Hall–Kier alpha value is -1.78. The van der Waals surface area contributed by atoms with Gasteiger partial charge >= 0.3 is 0 Å². The highest BCUT2D eigenvalue weighted by molar-refractivity contribution is 5.68. The van der Waals surface area contributed by atoms with Crippen LogP contribution in [0, 0.1) is 5.92 Å². The van der Waals surface area contributed by atoms with Crippen molar-refractivity contribution in [2.45, 2.75) is 41.0 Å². The second kappa shape index (κ2) is 14.3.